The summed E-state index contributed by atoms with van der Waals surface area (Å²) in [5, 5.41) is 11.8. The molecule has 0 atom stereocenters. The second kappa shape index (κ2) is 7.56. The van der Waals surface area contributed by atoms with E-state index in [1.165, 1.54) is 11.8 Å². The fourth-order valence-corrected chi connectivity index (χ4v) is 2.14. The van der Waals surface area contributed by atoms with Crippen LogP contribution in [-0.4, -0.2) is 18.0 Å². The van der Waals surface area contributed by atoms with Gasteiger partial charge in [-0.3, -0.25) is 0 Å². The SMILES string of the molecule is O/N=C\CCOc1ccc(Cc2ccccc2)cc1Cl. The summed E-state index contributed by atoms with van der Waals surface area (Å²) >= 11 is 6.20. The van der Waals surface area contributed by atoms with Crippen molar-refractivity contribution in [2.45, 2.75) is 12.8 Å². The molecule has 20 heavy (non-hydrogen) atoms. The van der Waals surface area contributed by atoms with Crippen LogP contribution in [0.25, 0.3) is 0 Å². The van der Waals surface area contributed by atoms with Gasteiger partial charge in [0.1, 0.15) is 5.75 Å². The quantitative estimate of drug-likeness (QED) is 0.375. The number of nitrogens with zero attached hydrogens (tertiary/aromatic N) is 1. The zero-order chi connectivity index (χ0) is 14.2. The van der Waals surface area contributed by atoms with E-state index in [1.807, 2.05) is 36.4 Å². The maximum atomic E-state index is 8.28. The van der Waals surface area contributed by atoms with Crippen LogP contribution in [0.5, 0.6) is 5.75 Å². The van der Waals surface area contributed by atoms with Crippen molar-refractivity contribution >= 4 is 17.8 Å². The molecule has 0 fully saturated rings. The van der Waals surface area contributed by atoms with Gasteiger partial charge in [-0.1, -0.05) is 48.0 Å². The molecule has 104 valence electrons. The van der Waals surface area contributed by atoms with Gasteiger partial charge in [0.2, 0.25) is 0 Å². The Hall–Kier alpha value is -2.00. The molecule has 0 aromatic heterocycles. The number of oxime groups is 1. The minimum atomic E-state index is 0.432. The van der Waals surface area contributed by atoms with Gasteiger partial charge in [-0.2, -0.15) is 0 Å². The first-order chi connectivity index (χ1) is 9.79. The standard InChI is InChI=1S/C16H16ClNO2/c17-15-12-14(11-13-5-2-1-3-6-13)7-8-16(15)20-10-4-9-18-19/h1-3,5-9,12,19H,4,10-11H2/b18-9-. The molecule has 0 bridgehead atoms. The molecule has 4 heteroatoms. The average molecular weight is 290 g/mol. The van der Waals surface area contributed by atoms with Gasteiger partial charge >= 0.3 is 0 Å². The lowest BCUT2D eigenvalue weighted by atomic mass is 10.1. The molecule has 0 heterocycles. The fourth-order valence-electron chi connectivity index (χ4n) is 1.88. The van der Waals surface area contributed by atoms with E-state index in [4.69, 9.17) is 21.5 Å². The number of hydrogen-bond donors (Lipinski definition) is 1. The molecule has 3 nitrogen and oxygen atoms in total. The van der Waals surface area contributed by atoms with Crippen molar-refractivity contribution in [3.05, 3.63) is 64.7 Å². The van der Waals surface area contributed by atoms with E-state index in [9.17, 15) is 0 Å². The second-order valence-corrected chi connectivity index (χ2v) is 4.77. The van der Waals surface area contributed by atoms with Crippen LogP contribution in [0.15, 0.2) is 53.7 Å². The molecule has 0 aliphatic heterocycles. The summed E-state index contributed by atoms with van der Waals surface area (Å²) in [6.45, 7) is 0.432. The van der Waals surface area contributed by atoms with Gasteiger partial charge in [0.05, 0.1) is 11.6 Å². The van der Waals surface area contributed by atoms with Gasteiger partial charge in [-0.05, 0) is 29.7 Å². The predicted molar refractivity (Wildman–Crippen MR) is 81.1 cm³/mol. The molecule has 0 amide bonds. The van der Waals surface area contributed by atoms with Crippen molar-refractivity contribution in [3.63, 3.8) is 0 Å². The molecule has 0 unspecified atom stereocenters. The Bertz CT molecular complexity index is 570. The first kappa shape index (κ1) is 14.4. The van der Waals surface area contributed by atoms with Gasteiger partial charge in [0.25, 0.3) is 0 Å². The minimum Gasteiger partial charge on any atom is -0.492 e. The maximum absolute atomic E-state index is 8.28. The van der Waals surface area contributed by atoms with E-state index in [1.54, 1.807) is 0 Å². The second-order valence-electron chi connectivity index (χ2n) is 4.36. The van der Waals surface area contributed by atoms with Gasteiger partial charge in [0, 0.05) is 12.6 Å². The lowest BCUT2D eigenvalue weighted by Crippen LogP contribution is -1.99. The molecular weight excluding hydrogens is 274 g/mol. The van der Waals surface area contributed by atoms with E-state index >= 15 is 0 Å². The highest BCUT2D eigenvalue weighted by Crippen LogP contribution is 2.26. The van der Waals surface area contributed by atoms with Crippen LogP contribution in [0.1, 0.15) is 17.5 Å². The summed E-state index contributed by atoms with van der Waals surface area (Å²) in [4.78, 5) is 0. The van der Waals surface area contributed by atoms with Crippen molar-refractivity contribution in [1.82, 2.24) is 0 Å². The normalized spacial score (nSPS) is 10.8. The molecule has 0 spiro atoms. The van der Waals surface area contributed by atoms with Crippen molar-refractivity contribution in [2.75, 3.05) is 6.61 Å². The Morgan fingerprint density at radius 2 is 1.90 bits per heavy atom. The Labute approximate surface area is 123 Å². The van der Waals surface area contributed by atoms with Crippen LogP contribution in [-0.2, 0) is 6.42 Å². The van der Waals surface area contributed by atoms with Crippen molar-refractivity contribution in [2.24, 2.45) is 5.16 Å². The van der Waals surface area contributed by atoms with Crippen molar-refractivity contribution in [3.8, 4) is 5.75 Å². The van der Waals surface area contributed by atoms with Crippen molar-refractivity contribution < 1.29 is 9.94 Å². The molecule has 2 rings (SSSR count). The van der Waals surface area contributed by atoms with E-state index in [0.29, 0.717) is 23.8 Å². The van der Waals surface area contributed by atoms with E-state index in [0.717, 1.165) is 12.0 Å². The fraction of sp³-hybridized carbons (Fsp3) is 0.188. The van der Waals surface area contributed by atoms with Gasteiger partial charge in [-0.15, -0.1) is 5.16 Å². The number of halogens is 1. The number of rotatable bonds is 6. The molecule has 0 radical (unpaired) electrons. The monoisotopic (exact) mass is 289 g/mol. The largest absolute Gasteiger partial charge is 0.492 e. The van der Waals surface area contributed by atoms with Crippen molar-refractivity contribution in [1.29, 1.82) is 0 Å². The minimum absolute atomic E-state index is 0.432. The van der Waals surface area contributed by atoms with Gasteiger partial charge < -0.3 is 9.94 Å². The van der Waals surface area contributed by atoms with Crippen LogP contribution in [0.2, 0.25) is 5.02 Å². The van der Waals surface area contributed by atoms with E-state index in [2.05, 4.69) is 17.3 Å². The summed E-state index contributed by atoms with van der Waals surface area (Å²) in [5.74, 6) is 0.648. The average Bonchev–Trinajstić information content (AvgIpc) is 2.46. The highest BCUT2D eigenvalue weighted by molar-refractivity contribution is 6.32. The predicted octanol–water partition coefficient (Wildman–Crippen LogP) is 4.16. The van der Waals surface area contributed by atoms with Crippen LogP contribution < -0.4 is 4.74 Å². The number of benzene rings is 2. The summed E-state index contributed by atoms with van der Waals surface area (Å²) < 4.78 is 5.51. The number of ether oxygens (including phenoxy) is 1. The molecule has 0 saturated carbocycles. The van der Waals surface area contributed by atoms with Crippen LogP contribution in [0.3, 0.4) is 0 Å². The first-order valence-corrected chi connectivity index (χ1v) is 6.78. The van der Waals surface area contributed by atoms with E-state index < -0.39 is 0 Å². The summed E-state index contributed by atoms with van der Waals surface area (Å²) in [6, 6.07) is 16.0. The highest BCUT2D eigenvalue weighted by Gasteiger charge is 2.03. The molecular formula is C16H16ClNO2. The molecule has 1 N–H and O–H groups in total. The van der Waals surface area contributed by atoms with Crippen LogP contribution in [0.4, 0.5) is 0 Å². The molecule has 0 saturated heterocycles. The number of hydrogen-bond acceptors (Lipinski definition) is 3. The lowest BCUT2D eigenvalue weighted by molar-refractivity contribution is 0.310. The smallest absolute Gasteiger partial charge is 0.137 e. The Morgan fingerprint density at radius 1 is 1.10 bits per heavy atom. The zero-order valence-corrected chi connectivity index (χ0v) is 11.8. The summed E-state index contributed by atoms with van der Waals surface area (Å²) in [7, 11) is 0. The third-order valence-electron chi connectivity index (χ3n) is 2.83. The third kappa shape index (κ3) is 4.28. The third-order valence-corrected chi connectivity index (χ3v) is 3.13. The Kier molecular flexibility index (Phi) is 5.44. The van der Waals surface area contributed by atoms with Crippen LogP contribution >= 0.6 is 11.6 Å². The first-order valence-electron chi connectivity index (χ1n) is 6.40. The highest BCUT2D eigenvalue weighted by atomic mass is 35.5. The van der Waals surface area contributed by atoms with E-state index in [-0.39, 0.29) is 0 Å². The summed E-state index contributed by atoms with van der Waals surface area (Å²) in [6.07, 6.45) is 2.77. The van der Waals surface area contributed by atoms with Gasteiger partial charge in [0.15, 0.2) is 0 Å². The van der Waals surface area contributed by atoms with Gasteiger partial charge in [-0.25, -0.2) is 0 Å². The summed E-state index contributed by atoms with van der Waals surface area (Å²) in [5.41, 5.74) is 2.39. The maximum Gasteiger partial charge on any atom is 0.137 e. The topological polar surface area (TPSA) is 41.8 Å². The Morgan fingerprint density at radius 3 is 2.60 bits per heavy atom. The molecule has 0 aliphatic carbocycles. The lowest BCUT2D eigenvalue weighted by Gasteiger charge is -2.08. The van der Waals surface area contributed by atoms with Crippen LogP contribution in [0, 0.1) is 0 Å². The molecule has 0 aliphatic rings. The zero-order valence-electron chi connectivity index (χ0n) is 11.0. The molecule has 2 aromatic carbocycles. The Balaban J connectivity index is 1.98. The molecule has 2 aromatic rings.